The number of sulfonamides is 1. The van der Waals surface area contributed by atoms with E-state index < -0.39 is 10.0 Å². The van der Waals surface area contributed by atoms with E-state index in [9.17, 15) is 13.2 Å². The molecule has 2 saturated heterocycles. The van der Waals surface area contributed by atoms with E-state index in [0.29, 0.717) is 11.7 Å². The molecule has 0 aliphatic carbocycles. The number of benzene rings is 2. The fraction of sp³-hybridized carbons (Fsp3) is 0.304. The van der Waals surface area contributed by atoms with Crippen LogP contribution in [0.3, 0.4) is 0 Å². The third-order valence-corrected chi connectivity index (χ3v) is 8.34. The molecule has 0 saturated carbocycles. The van der Waals surface area contributed by atoms with E-state index in [1.165, 1.54) is 29.2 Å². The van der Waals surface area contributed by atoms with Crippen molar-refractivity contribution in [3.63, 3.8) is 0 Å². The molecular formula is C23H25N5O3S2. The number of nitrogens with one attached hydrogen (secondary N) is 1. The summed E-state index contributed by atoms with van der Waals surface area (Å²) >= 11 is 1.22. The summed E-state index contributed by atoms with van der Waals surface area (Å²) in [5.74, 6) is 0.0830. The van der Waals surface area contributed by atoms with Crippen LogP contribution < -0.4 is 14.5 Å². The van der Waals surface area contributed by atoms with Crippen molar-refractivity contribution in [2.24, 2.45) is 0 Å². The van der Waals surface area contributed by atoms with Crippen molar-refractivity contribution in [2.75, 3.05) is 47.2 Å². The van der Waals surface area contributed by atoms with Gasteiger partial charge in [0.2, 0.25) is 5.91 Å². The van der Waals surface area contributed by atoms with E-state index in [-0.39, 0.29) is 16.8 Å². The van der Waals surface area contributed by atoms with E-state index in [1.807, 2.05) is 18.2 Å². The number of thiazole rings is 1. The van der Waals surface area contributed by atoms with Crippen LogP contribution in [0.25, 0.3) is 0 Å². The van der Waals surface area contributed by atoms with E-state index >= 15 is 0 Å². The Morgan fingerprint density at radius 2 is 1.64 bits per heavy atom. The molecule has 8 nitrogen and oxygen atoms in total. The number of para-hydroxylation sites is 1. The van der Waals surface area contributed by atoms with Gasteiger partial charge in [-0.3, -0.25) is 14.4 Å². The first kappa shape index (κ1) is 21.9. The number of carbonyl (C=O) groups is 1. The van der Waals surface area contributed by atoms with Gasteiger partial charge < -0.3 is 9.80 Å². The predicted octanol–water partition coefficient (Wildman–Crippen LogP) is 2.87. The number of rotatable bonds is 6. The van der Waals surface area contributed by atoms with Crippen LogP contribution in [-0.4, -0.2) is 63.0 Å². The van der Waals surface area contributed by atoms with Gasteiger partial charge in [0.15, 0.2) is 5.13 Å². The number of piperazine rings is 1. The minimum absolute atomic E-state index is 0.0830. The summed E-state index contributed by atoms with van der Waals surface area (Å²) in [6, 6.07) is 16.7. The molecule has 1 aromatic heterocycles. The van der Waals surface area contributed by atoms with Crippen molar-refractivity contribution in [3.8, 4) is 0 Å². The smallest absolute Gasteiger partial charge is 0.263 e. The standard InChI is InChI=1S/C23H25N5O3S2/c29-22-21(27-15-13-26(14-16-27)18-4-2-1-3-5-18)10-12-28(22)19-6-8-20(9-7-19)33(30,31)25-23-24-11-17-32-23/h1-9,11,17,21H,10,12-16H2,(H,24,25)/t21-/m0/s1. The fourth-order valence-corrected chi connectivity index (χ4v) is 6.23. The van der Waals surface area contributed by atoms with Gasteiger partial charge >= 0.3 is 0 Å². The molecule has 0 bridgehead atoms. The first-order chi connectivity index (χ1) is 16.0. The van der Waals surface area contributed by atoms with E-state index in [2.05, 4.69) is 31.6 Å². The molecule has 2 aromatic carbocycles. The van der Waals surface area contributed by atoms with Gasteiger partial charge in [-0.2, -0.15) is 0 Å². The number of amides is 1. The molecule has 3 heterocycles. The van der Waals surface area contributed by atoms with Crippen LogP contribution in [0.1, 0.15) is 6.42 Å². The van der Waals surface area contributed by atoms with Crippen LogP contribution in [-0.2, 0) is 14.8 Å². The number of hydrogen-bond donors (Lipinski definition) is 1. The summed E-state index contributed by atoms with van der Waals surface area (Å²) < 4.78 is 27.6. The Balaban J connectivity index is 1.22. The van der Waals surface area contributed by atoms with Crippen LogP contribution in [0, 0.1) is 0 Å². The second-order valence-electron chi connectivity index (χ2n) is 8.09. The Bertz CT molecular complexity index is 1190. The van der Waals surface area contributed by atoms with Gasteiger partial charge in [0.25, 0.3) is 10.0 Å². The minimum Gasteiger partial charge on any atom is -0.369 e. The van der Waals surface area contributed by atoms with E-state index in [4.69, 9.17) is 0 Å². The van der Waals surface area contributed by atoms with Crippen molar-refractivity contribution >= 4 is 43.8 Å². The number of anilines is 3. The summed E-state index contributed by atoms with van der Waals surface area (Å²) in [5, 5.41) is 2.03. The van der Waals surface area contributed by atoms with Crippen LogP contribution in [0.5, 0.6) is 0 Å². The zero-order valence-electron chi connectivity index (χ0n) is 18.0. The quantitative estimate of drug-likeness (QED) is 0.580. The lowest BCUT2D eigenvalue weighted by Crippen LogP contribution is -2.52. The molecule has 1 atom stereocenters. The van der Waals surface area contributed by atoms with Crippen LogP contribution in [0.15, 0.2) is 71.1 Å². The van der Waals surface area contributed by atoms with Gasteiger partial charge in [0.1, 0.15) is 0 Å². The van der Waals surface area contributed by atoms with Crippen molar-refractivity contribution in [2.45, 2.75) is 17.4 Å². The highest BCUT2D eigenvalue weighted by Gasteiger charge is 2.37. The molecule has 0 spiro atoms. The second kappa shape index (κ2) is 9.12. The molecule has 172 valence electrons. The number of carbonyl (C=O) groups excluding carboxylic acids is 1. The third-order valence-electron chi connectivity index (χ3n) is 6.17. The predicted molar refractivity (Wildman–Crippen MR) is 130 cm³/mol. The second-order valence-corrected chi connectivity index (χ2v) is 10.7. The lowest BCUT2D eigenvalue weighted by molar-refractivity contribution is -0.121. The lowest BCUT2D eigenvalue weighted by atomic mass is 10.1. The highest BCUT2D eigenvalue weighted by molar-refractivity contribution is 7.93. The summed E-state index contributed by atoms with van der Waals surface area (Å²) in [6.45, 7) is 4.11. The average molecular weight is 484 g/mol. The van der Waals surface area contributed by atoms with Crippen molar-refractivity contribution < 1.29 is 13.2 Å². The van der Waals surface area contributed by atoms with Gasteiger partial charge in [0, 0.05) is 55.7 Å². The molecule has 10 heteroatoms. The molecule has 33 heavy (non-hydrogen) atoms. The molecule has 5 rings (SSSR count). The van der Waals surface area contributed by atoms with E-state index in [1.54, 1.807) is 28.6 Å². The molecule has 0 unspecified atom stereocenters. The fourth-order valence-electron chi connectivity index (χ4n) is 4.44. The molecule has 3 aromatic rings. The van der Waals surface area contributed by atoms with E-state index in [0.717, 1.165) is 38.3 Å². The van der Waals surface area contributed by atoms with Gasteiger partial charge in [-0.1, -0.05) is 18.2 Å². The zero-order chi connectivity index (χ0) is 22.8. The highest BCUT2D eigenvalue weighted by atomic mass is 32.2. The van der Waals surface area contributed by atoms with Crippen molar-refractivity contribution in [3.05, 3.63) is 66.2 Å². The molecule has 1 N–H and O–H groups in total. The monoisotopic (exact) mass is 483 g/mol. The Morgan fingerprint density at radius 3 is 2.30 bits per heavy atom. The SMILES string of the molecule is O=C1[C@@H](N2CCN(c3ccccc3)CC2)CCN1c1ccc(S(=O)(=O)Nc2nccs2)cc1. The average Bonchev–Trinajstić information content (AvgIpc) is 3.49. The summed E-state index contributed by atoms with van der Waals surface area (Å²) in [5.41, 5.74) is 1.94. The normalized spacial score (nSPS) is 19.8. The third kappa shape index (κ3) is 4.59. The Labute approximate surface area is 197 Å². The topological polar surface area (TPSA) is 85.9 Å². The maximum atomic E-state index is 13.2. The summed E-state index contributed by atoms with van der Waals surface area (Å²) in [4.78, 5) is 23.7. The number of aromatic nitrogens is 1. The largest absolute Gasteiger partial charge is 0.369 e. The van der Waals surface area contributed by atoms with Crippen LogP contribution in [0.2, 0.25) is 0 Å². The number of hydrogen-bond acceptors (Lipinski definition) is 7. The summed E-state index contributed by atoms with van der Waals surface area (Å²) in [6.07, 6.45) is 2.32. The van der Waals surface area contributed by atoms with Crippen molar-refractivity contribution in [1.29, 1.82) is 0 Å². The first-order valence-corrected chi connectivity index (χ1v) is 13.3. The van der Waals surface area contributed by atoms with Gasteiger partial charge in [-0.15, -0.1) is 11.3 Å². The van der Waals surface area contributed by atoms with Crippen molar-refractivity contribution in [1.82, 2.24) is 9.88 Å². The van der Waals surface area contributed by atoms with Crippen LogP contribution >= 0.6 is 11.3 Å². The maximum Gasteiger partial charge on any atom is 0.263 e. The molecule has 1 amide bonds. The van der Waals surface area contributed by atoms with Gasteiger partial charge in [-0.25, -0.2) is 13.4 Å². The van der Waals surface area contributed by atoms with Crippen LogP contribution in [0.4, 0.5) is 16.5 Å². The molecule has 2 fully saturated rings. The highest BCUT2D eigenvalue weighted by Crippen LogP contribution is 2.27. The van der Waals surface area contributed by atoms with Gasteiger partial charge in [-0.05, 0) is 42.8 Å². The zero-order valence-corrected chi connectivity index (χ0v) is 19.6. The Hall–Kier alpha value is -2.95. The molecule has 0 radical (unpaired) electrons. The van der Waals surface area contributed by atoms with Gasteiger partial charge in [0.05, 0.1) is 10.9 Å². The summed E-state index contributed by atoms with van der Waals surface area (Å²) in [7, 11) is -3.71. The number of nitrogens with zero attached hydrogens (tertiary/aromatic N) is 4. The minimum atomic E-state index is -3.71. The molecule has 2 aliphatic rings. The molecular weight excluding hydrogens is 458 g/mol. The lowest BCUT2D eigenvalue weighted by Gasteiger charge is -2.38. The Kier molecular flexibility index (Phi) is 6.05. The first-order valence-electron chi connectivity index (χ1n) is 10.9. The Morgan fingerprint density at radius 1 is 0.909 bits per heavy atom. The maximum absolute atomic E-state index is 13.2. The molecule has 2 aliphatic heterocycles.